The predicted octanol–water partition coefficient (Wildman–Crippen LogP) is 6.68. The molecule has 0 aromatic heterocycles. The van der Waals surface area contributed by atoms with Crippen LogP contribution >= 0.6 is 0 Å². The van der Waals surface area contributed by atoms with Gasteiger partial charge in [-0.05, 0) is 74.1 Å². The summed E-state index contributed by atoms with van der Waals surface area (Å²) in [4.78, 5) is 10.6. The molecule has 0 aliphatic heterocycles. The van der Waals surface area contributed by atoms with Gasteiger partial charge in [0.1, 0.15) is 5.75 Å². The average molecular weight is 392 g/mol. The number of aliphatic carboxylic acids is 1. The highest BCUT2D eigenvalue weighted by Crippen LogP contribution is 2.63. The molecule has 3 fully saturated rings. The Hall–Kier alpha value is -1.91. The smallest absolute Gasteiger partial charge is 0.403 e. The highest BCUT2D eigenvalue weighted by atomic mass is 19.3. The van der Waals surface area contributed by atoms with Crippen LogP contribution in [0.5, 0.6) is 5.75 Å². The number of unbranched alkanes of at least 4 members (excludes halogenated alkanes) is 2. The minimum Gasteiger partial charge on any atom is -0.478 e. The van der Waals surface area contributed by atoms with Crippen LogP contribution in [-0.2, 0) is 4.79 Å². The van der Waals surface area contributed by atoms with Crippen molar-refractivity contribution in [3.8, 4) is 5.75 Å². The average Bonchev–Trinajstić information content (AvgIpc) is 2.68. The Morgan fingerprint density at radius 3 is 2.25 bits per heavy atom. The first-order valence-electron chi connectivity index (χ1n) is 10.4. The lowest BCUT2D eigenvalue weighted by Gasteiger charge is -2.55. The van der Waals surface area contributed by atoms with Crippen LogP contribution in [-0.4, -0.2) is 17.2 Å². The molecular formula is C23H30F2O3. The van der Waals surface area contributed by atoms with Gasteiger partial charge in [0.2, 0.25) is 0 Å². The molecule has 3 nitrogen and oxygen atoms in total. The van der Waals surface area contributed by atoms with E-state index in [2.05, 4.69) is 6.92 Å². The molecule has 3 saturated carbocycles. The SMILES string of the molecule is CCCCCC12CCC(C(F)(F)Oc3ccc(/C=C/C(=O)O)cc3)(CC1)CC2. The lowest BCUT2D eigenvalue weighted by Crippen LogP contribution is -2.53. The van der Waals surface area contributed by atoms with E-state index in [0.29, 0.717) is 24.8 Å². The Bertz CT molecular complexity index is 685. The van der Waals surface area contributed by atoms with Crippen LogP contribution in [0.2, 0.25) is 0 Å². The normalized spacial score (nSPS) is 27.2. The van der Waals surface area contributed by atoms with Crippen LogP contribution in [0.25, 0.3) is 6.08 Å². The third-order valence-electron chi connectivity index (χ3n) is 6.87. The van der Waals surface area contributed by atoms with Crippen LogP contribution in [0.4, 0.5) is 8.78 Å². The summed E-state index contributed by atoms with van der Waals surface area (Å²) >= 11 is 0. The molecule has 4 rings (SSSR count). The van der Waals surface area contributed by atoms with E-state index in [1.807, 2.05) is 0 Å². The molecule has 0 heterocycles. The molecule has 154 valence electrons. The summed E-state index contributed by atoms with van der Waals surface area (Å²) in [6, 6.07) is 6.13. The zero-order chi connectivity index (χ0) is 20.3. The van der Waals surface area contributed by atoms with Crippen molar-refractivity contribution < 1.29 is 23.4 Å². The molecule has 0 atom stereocenters. The number of hydrogen-bond acceptors (Lipinski definition) is 2. The van der Waals surface area contributed by atoms with E-state index in [1.54, 1.807) is 12.1 Å². The molecule has 28 heavy (non-hydrogen) atoms. The number of carbonyl (C=O) groups is 1. The number of benzene rings is 1. The molecule has 0 unspecified atom stereocenters. The zero-order valence-electron chi connectivity index (χ0n) is 16.6. The van der Waals surface area contributed by atoms with E-state index < -0.39 is 17.5 Å². The van der Waals surface area contributed by atoms with Gasteiger partial charge in [0.25, 0.3) is 0 Å². The van der Waals surface area contributed by atoms with Gasteiger partial charge >= 0.3 is 12.1 Å². The van der Waals surface area contributed by atoms with Gasteiger partial charge in [-0.1, -0.05) is 38.3 Å². The first-order valence-corrected chi connectivity index (χ1v) is 10.4. The predicted molar refractivity (Wildman–Crippen MR) is 105 cm³/mol. The Morgan fingerprint density at radius 2 is 1.71 bits per heavy atom. The van der Waals surface area contributed by atoms with E-state index in [0.717, 1.165) is 25.3 Å². The molecule has 3 aliphatic carbocycles. The van der Waals surface area contributed by atoms with Crippen molar-refractivity contribution in [2.45, 2.75) is 77.2 Å². The quantitative estimate of drug-likeness (QED) is 0.377. The van der Waals surface area contributed by atoms with Gasteiger partial charge in [-0.15, -0.1) is 0 Å². The fourth-order valence-corrected chi connectivity index (χ4v) is 4.90. The molecule has 2 bridgehead atoms. The lowest BCUT2D eigenvalue weighted by atomic mass is 9.52. The van der Waals surface area contributed by atoms with Gasteiger partial charge in [-0.3, -0.25) is 0 Å². The van der Waals surface area contributed by atoms with E-state index in [9.17, 15) is 4.79 Å². The largest absolute Gasteiger partial charge is 0.478 e. The summed E-state index contributed by atoms with van der Waals surface area (Å²) in [6.07, 6.45) is 8.29. The monoisotopic (exact) mass is 392 g/mol. The molecule has 0 saturated heterocycles. The molecule has 1 N–H and O–H groups in total. The summed E-state index contributed by atoms with van der Waals surface area (Å²) in [5.41, 5.74) is -0.143. The molecule has 1 aromatic rings. The van der Waals surface area contributed by atoms with Crippen LogP contribution in [0, 0.1) is 10.8 Å². The highest BCUT2D eigenvalue weighted by molar-refractivity contribution is 5.85. The molecule has 5 heteroatoms. The van der Waals surface area contributed by atoms with Crippen molar-refractivity contribution >= 4 is 12.0 Å². The fraction of sp³-hybridized carbons (Fsp3) is 0.609. The third-order valence-corrected chi connectivity index (χ3v) is 6.87. The van der Waals surface area contributed by atoms with Crippen molar-refractivity contribution in [1.82, 2.24) is 0 Å². The first kappa shape index (κ1) is 20.8. The van der Waals surface area contributed by atoms with Crippen molar-refractivity contribution in [3.05, 3.63) is 35.9 Å². The molecule has 1 aromatic carbocycles. The van der Waals surface area contributed by atoms with E-state index in [-0.39, 0.29) is 11.2 Å². The van der Waals surface area contributed by atoms with Crippen LogP contribution in [0.1, 0.15) is 76.7 Å². The molecular weight excluding hydrogens is 362 g/mol. The van der Waals surface area contributed by atoms with Crippen molar-refractivity contribution in [1.29, 1.82) is 0 Å². The standard InChI is InChI=1S/C23H30F2O3/c1-2-3-4-11-21-12-15-22(16-13-21,17-14-21)23(24,25)28-19-8-5-18(6-9-19)7-10-20(26)27/h5-10H,2-4,11-17H2,1H3,(H,26,27)/b10-7+. The number of carboxylic acids is 1. The minimum atomic E-state index is -3.19. The number of alkyl halides is 2. The number of halogens is 2. The van der Waals surface area contributed by atoms with Gasteiger partial charge in [0.05, 0.1) is 5.41 Å². The van der Waals surface area contributed by atoms with Gasteiger partial charge in [-0.25, -0.2) is 4.79 Å². The second-order valence-corrected chi connectivity index (χ2v) is 8.60. The second-order valence-electron chi connectivity index (χ2n) is 8.60. The van der Waals surface area contributed by atoms with Crippen molar-refractivity contribution in [2.75, 3.05) is 0 Å². The van der Waals surface area contributed by atoms with Crippen LogP contribution in [0.15, 0.2) is 30.3 Å². The molecule has 0 spiro atoms. The van der Waals surface area contributed by atoms with E-state index in [1.165, 1.54) is 43.9 Å². The molecule has 0 radical (unpaired) electrons. The third kappa shape index (κ3) is 4.39. The number of hydrogen-bond donors (Lipinski definition) is 1. The van der Waals surface area contributed by atoms with E-state index >= 15 is 8.78 Å². The summed E-state index contributed by atoms with van der Waals surface area (Å²) < 4.78 is 35.5. The van der Waals surface area contributed by atoms with Crippen molar-refractivity contribution in [3.63, 3.8) is 0 Å². The molecule has 0 amide bonds. The Morgan fingerprint density at radius 1 is 1.11 bits per heavy atom. The Balaban J connectivity index is 1.63. The minimum absolute atomic E-state index is 0.122. The Kier molecular flexibility index (Phi) is 6.11. The molecule has 3 aliphatic rings. The topological polar surface area (TPSA) is 46.5 Å². The number of rotatable bonds is 9. The van der Waals surface area contributed by atoms with Crippen LogP contribution < -0.4 is 4.74 Å². The summed E-state index contributed by atoms with van der Waals surface area (Å²) in [6.45, 7) is 2.19. The highest BCUT2D eigenvalue weighted by Gasteiger charge is 2.62. The fourth-order valence-electron chi connectivity index (χ4n) is 4.90. The van der Waals surface area contributed by atoms with E-state index in [4.69, 9.17) is 9.84 Å². The van der Waals surface area contributed by atoms with Gasteiger partial charge < -0.3 is 9.84 Å². The lowest BCUT2D eigenvalue weighted by molar-refractivity contribution is -0.289. The maximum atomic E-state index is 15.1. The summed E-state index contributed by atoms with van der Waals surface area (Å²) in [7, 11) is 0. The first-order chi connectivity index (χ1) is 13.3. The maximum absolute atomic E-state index is 15.1. The number of fused-ring (bicyclic) bond motifs is 3. The van der Waals surface area contributed by atoms with Crippen LogP contribution in [0.3, 0.4) is 0 Å². The van der Waals surface area contributed by atoms with Gasteiger partial charge in [0.15, 0.2) is 0 Å². The van der Waals surface area contributed by atoms with Gasteiger partial charge in [-0.2, -0.15) is 8.78 Å². The second kappa shape index (κ2) is 8.22. The summed E-state index contributed by atoms with van der Waals surface area (Å²) in [5, 5.41) is 8.65. The number of ether oxygens (including phenoxy) is 1. The maximum Gasteiger partial charge on any atom is 0.403 e. The zero-order valence-corrected chi connectivity index (χ0v) is 16.6. The Labute approximate surface area is 165 Å². The summed E-state index contributed by atoms with van der Waals surface area (Å²) in [5.74, 6) is -0.927. The van der Waals surface area contributed by atoms with Gasteiger partial charge in [0, 0.05) is 6.08 Å². The number of carboxylic acid groups (broad SMARTS) is 1. The van der Waals surface area contributed by atoms with Crippen molar-refractivity contribution in [2.24, 2.45) is 10.8 Å².